The van der Waals surface area contributed by atoms with E-state index in [9.17, 15) is 5.11 Å². The van der Waals surface area contributed by atoms with Crippen LogP contribution in [0.5, 0.6) is 5.75 Å². The van der Waals surface area contributed by atoms with E-state index < -0.39 is 0 Å². The monoisotopic (exact) mass is 237 g/mol. The molecule has 1 atom stereocenters. The number of rotatable bonds is 5. The predicted molar refractivity (Wildman–Crippen MR) is 64.9 cm³/mol. The molecule has 0 radical (unpaired) electrons. The lowest BCUT2D eigenvalue weighted by atomic mass is 9.76. The van der Waals surface area contributed by atoms with Gasteiger partial charge in [-0.25, -0.2) is 0 Å². The number of hydrogen-bond acceptors (Lipinski definition) is 4. The van der Waals surface area contributed by atoms with Crippen LogP contribution in [-0.2, 0) is 4.74 Å². The standard InChI is InChI=1S/C13H19NO3/c1-2-17-11-5-3-10(4-6-11)12(14)13(7-15)8-16-9-13/h3-6,12,15H,2,7-9,14H2,1H3. The molecular weight excluding hydrogens is 218 g/mol. The van der Waals surface area contributed by atoms with Crippen molar-refractivity contribution in [3.8, 4) is 5.75 Å². The van der Waals surface area contributed by atoms with Gasteiger partial charge in [-0.05, 0) is 24.6 Å². The average Bonchev–Trinajstić information content (AvgIpc) is 2.29. The van der Waals surface area contributed by atoms with Crippen LogP contribution in [0.15, 0.2) is 24.3 Å². The van der Waals surface area contributed by atoms with Crippen molar-refractivity contribution in [2.24, 2.45) is 11.1 Å². The summed E-state index contributed by atoms with van der Waals surface area (Å²) in [6, 6.07) is 7.51. The van der Waals surface area contributed by atoms with Crippen LogP contribution >= 0.6 is 0 Å². The molecular formula is C13H19NO3. The molecule has 1 saturated heterocycles. The van der Waals surface area contributed by atoms with Gasteiger partial charge in [-0.1, -0.05) is 12.1 Å². The van der Waals surface area contributed by atoms with Crippen LogP contribution in [0, 0.1) is 5.41 Å². The minimum atomic E-state index is -0.312. The molecule has 0 amide bonds. The fourth-order valence-corrected chi connectivity index (χ4v) is 2.03. The van der Waals surface area contributed by atoms with Gasteiger partial charge in [-0.15, -0.1) is 0 Å². The van der Waals surface area contributed by atoms with Crippen molar-refractivity contribution in [2.75, 3.05) is 26.4 Å². The number of nitrogens with two attached hydrogens (primary N) is 1. The van der Waals surface area contributed by atoms with E-state index in [0.29, 0.717) is 19.8 Å². The van der Waals surface area contributed by atoms with Crippen molar-refractivity contribution in [1.82, 2.24) is 0 Å². The normalized spacial score (nSPS) is 19.5. The largest absolute Gasteiger partial charge is 0.494 e. The molecule has 1 unspecified atom stereocenters. The summed E-state index contributed by atoms with van der Waals surface area (Å²) >= 11 is 0. The maximum Gasteiger partial charge on any atom is 0.119 e. The third-order valence-electron chi connectivity index (χ3n) is 3.30. The van der Waals surface area contributed by atoms with Crippen molar-refractivity contribution in [2.45, 2.75) is 13.0 Å². The minimum absolute atomic E-state index is 0.0569. The highest BCUT2D eigenvalue weighted by Gasteiger charge is 2.44. The van der Waals surface area contributed by atoms with Gasteiger partial charge in [0.15, 0.2) is 0 Å². The molecule has 0 bridgehead atoms. The third kappa shape index (κ3) is 2.29. The Labute approximate surface area is 101 Å². The Balaban J connectivity index is 2.11. The highest BCUT2D eigenvalue weighted by atomic mass is 16.5. The van der Waals surface area contributed by atoms with E-state index >= 15 is 0 Å². The number of benzene rings is 1. The van der Waals surface area contributed by atoms with Gasteiger partial charge in [0, 0.05) is 6.04 Å². The van der Waals surface area contributed by atoms with Gasteiger partial charge >= 0.3 is 0 Å². The van der Waals surface area contributed by atoms with E-state index in [1.807, 2.05) is 31.2 Å². The summed E-state index contributed by atoms with van der Waals surface area (Å²) in [4.78, 5) is 0. The van der Waals surface area contributed by atoms with E-state index in [0.717, 1.165) is 11.3 Å². The van der Waals surface area contributed by atoms with Gasteiger partial charge in [0.05, 0.1) is 31.8 Å². The predicted octanol–water partition coefficient (Wildman–Crippen LogP) is 1.09. The minimum Gasteiger partial charge on any atom is -0.494 e. The van der Waals surface area contributed by atoms with E-state index in [4.69, 9.17) is 15.2 Å². The van der Waals surface area contributed by atoms with Crippen molar-refractivity contribution >= 4 is 0 Å². The summed E-state index contributed by atoms with van der Waals surface area (Å²) in [5, 5.41) is 9.42. The second kappa shape index (κ2) is 5.04. The van der Waals surface area contributed by atoms with E-state index in [2.05, 4.69) is 0 Å². The Hall–Kier alpha value is -1.10. The Morgan fingerprint density at radius 1 is 1.41 bits per heavy atom. The van der Waals surface area contributed by atoms with Crippen LogP contribution < -0.4 is 10.5 Å². The highest BCUT2D eigenvalue weighted by molar-refractivity contribution is 5.30. The van der Waals surface area contributed by atoms with Crippen LogP contribution in [-0.4, -0.2) is 31.5 Å². The van der Waals surface area contributed by atoms with Crippen molar-refractivity contribution < 1.29 is 14.6 Å². The van der Waals surface area contributed by atoms with Crippen LogP contribution in [0.1, 0.15) is 18.5 Å². The maximum atomic E-state index is 9.42. The zero-order chi connectivity index (χ0) is 12.3. The molecule has 1 aromatic rings. The Morgan fingerprint density at radius 2 is 2.06 bits per heavy atom. The second-order valence-corrected chi connectivity index (χ2v) is 4.49. The molecule has 94 valence electrons. The third-order valence-corrected chi connectivity index (χ3v) is 3.30. The number of hydrogen-bond donors (Lipinski definition) is 2. The lowest BCUT2D eigenvalue weighted by molar-refractivity contribution is -0.150. The highest BCUT2D eigenvalue weighted by Crippen LogP contribution is 2.38. The molecule has 1 heterocycles. The first-order valence-electron chi connectivity index (χ1n) is 5.89. The molecule has 4 heteroatoms. The number of aliphatic hydroxyl groups excluding tert-OH is 1. The van der Waals surface area contributed by atoms with Gasteiger partial charge < -0.3 is 20.3 Å². The zero-order valence-electron chi connectivity index (χ0n) is 10.1. The Bertz CT molecular complexity index is 354. The molecule has 17 heavy (non-hydrogen) atoms. The molecule has 4 nitrogen and oxygen atoms in total. The van der Waals surface area contributed by atoms with Gasteiger partial charge in [0.1, 0.15) is 5.75 Å². The van der Waals surface area contributed by atoms with Crippen LogP contribution in [0.4, 0.5) is 0 Å². The smallest absolute Gasteiger partial charge is 0.119 e. The van der Waals surface area contributed by atoms with Crippen molar-refractivity contribution in [3.05, 3.63) is 29.8 Å². The molecule has 2 rings (SSSR count). The first-order chi connectivity index (χ1) is 8.22. The molecule has 3 N–H and O–H groups in total. The van der Waals surface area contributed by atoms with Crippen LogP contribution in [0.3, 0.4) is 0 Å². The van der Waals surface area contributed by atoms with Gasteiger partial charge in [-0.3, -0.25) is 0 Å². The summed E-state index contributed by atoms with van der Waals surface area (Å²) in [6.45, 7) is 3.71. The van der Waals surface area contributed by atoms with E-state index in [1.54, 1.807) is 0 Å². The molecule has 1 aliphatic rings. The molecule has 1 fully saturated rings. The maximum absolute atomic E-state index is 9.42. The quantitative estimate of drug-likeness (QED) is 0.804. The fraction of sp³-hybridized carbons (Fsp3) is 0.538. The first kappa shape index (κ1) is 12.4. The summed E-state index contributed by atoms with van der Waals surface area (Å²) in [7, 11) is 0. The summed E-state index contributed by atoms with van der Waals surface area (Å²) in [6.07, 6.45) is 0. The molecule has 0 spiro atoms. The number of ether oxygens (including phenoxy) is 2. The SMILES string of the molecule is CCOc1ccc(C(N)C2(CO)COC2)cc1. The lowest BCUT2D eigenvalue weighted by Gasteiger charge is -2.44. The molecule has 0 aromatic heterocycles. The van der Waals surface area contributed by atoms with Crippen LogP contribution in [0.25, 0.3) is 0 Å². The van der Waals surface area contributed by atoms with E-state index in [1.165, 1.54) is 0 Å². The molecule has 1 aliphatic heterocycles. The van der Waals surface area contributed by atoms with Crippen molar-refractivity contribution in [3.63, 3.8) is 0 Å². The number of aliphatic hydroxyl groups is 1. The van der Waals surface area contributed by atoms with Crippen molar-refractivity contribution in [1.29, 1.82) is 0 Å². The van der Waals surface area contributed by atoms with Gasteiger partial charge in [0.2, 0.25) is 0 Å². The molecule has 0 saturated carbocycles. The van der Waals surface area contributed by atoms with Gasteiger partial charge in [-0.2, -0.15) is 0 Å². The average molecular weight is 237 g/mol. The summed E-state index contributed by atoms with van der Waals surface area (Å²) < 4.78 is 10.5. The van der Waals surface area contributed by atoms with Crippen LogP contribution in [0.2, 0.25) is 0 Å². The van der Waals surface area contributed by atoms with E-state index in [-0.39, 0.29) is 18.1 Å². The Kier molecular flexibility index (Phi) is 3.66. The first-order valence-corrected chi connectivity index (χ1v) is 5.89. The molecule has 1 aromatic carbocycles. The van der Waals surface area contributed by atoms with Gasteiger partial charge in [0.25, 0.3) is 0 Å². The summed E-state index contributed by atoms with van der Waals surface area (Å²) in [5.74, 6) is 0.839. The zero-order valence-corrected chi connectivity index (χ0v) is 10.1. The summed E-state index contributed by atoms with van der Waals surface area (Å²) in [5.41, 5.74) is 6.88. The topological polar surface area (TPSA) is 64.7 Å². The lowest BCUT2D eigenvalue weighted by Crippen LogP contribution is -2.52. The fourth-order valence-electron chi connectivity index (χ4n) is 2.03. The second-order valence-electron chi connectivity index (χ2n) is 4.49. The Morgan fingerprint density at radius 3 is 2.47 bits per heavy atom. The molecule has 0 aliphatic carbocycles.